The van der Waals surface area contributed by atoms with Crippen molar-refractivity contribution in [3.8, 4) is 0 Å². The van der Waals surface area contributed by atoms with E-state index < -0.39 is 15.6 Å². The molecule has 0 N–H and O–H groups in total. The first kappa shape index (κ1) is 16.2. The van der Waals surface area contributed by atoms with Crippen molar-refractivity contribution in [3.05, 3.63) is 42.5 Å². The topological polar surface area (TPSA) is 52.6 Å². The van der Waals surface area contributed by atoms with Crippen molar-refractivity contribution in [3.63, 3.8) is 0 Å². The summed E-state index contributed by atoms with van der Waals surface area (Å²) in [4.78, 5) is 0.384. The fourth-order valence-electron chi connectivity index (χ4n) is 2.31. The van der Waals surface area contributed by atoms with Crippen LogP contribution in [-0.4, -0.2) is 33.2 Å². The van der Waals surface area contributed by atoms with E-state index in [9.17, 15) is 8.42 Å². The van der Waals surface area contributed by atoms with E-state index in [0.29, 0.717) is 24.5 Å². The fraction of sp³-hybridized carbons (Fsp3) is 0.500. The van der Waals surface area contributed by atoms with Crippen molar-refractivity contribution < 1.29 is 17.9 Å². The number of hydrogen-bond acceptors (Lipinski definition) is 4. The first-order valence-electron chi connectivity index (χ1n) is 7.15. The van der Waals surface area contributed by atoms with Gasteiger partial charge in [-0.2, -0.15) is 0 Å². The van der Waals surface area contributed by atoms with E-state index in [2.05, 4.69) is 0 Å². The van der Waals surface area contributed by atoms with Crippen LogP contribution in [0.4, 0.5) is 0 Å². The summed E-state index contributed by atoms with van der Waals surface area (Å²) in [6, 6.07) is 8.58. The minimum atomic E-state index is -3.22. The maximum absolute atomic E-state index is 12.3. The molecule has 0 amide bonds. The molecular formula is C16H22O4S. The Morgan fingerprint density at radius 3 is 2.48 bits per heavy atom. The summed E-state index contributed by atoms with van der Waals surface area (Å²) >= 11 is 0. The maximum Gasteiger partial charge on any atom is 0.185 e. The number of rotatable bonds is 6. The van der Waals surface area contributed by atoms with Crippen molar-refractivity contribution in [1.82, 2.24) is 0 Å². The Bertz CT molecular complexity index is 572. The average molecular weight is 310 g/mol. The van der Waals surface area contributed by atoms with Gasteiger partial charge >= 0.3 is 0 Å². The second-order valence-electron chi connectivity index (χ2n) is 5.55. The zero-order chi connectivity index (χ0) is 15.3. The fourth-order valence-corrected chi connectivity index (χ4v) is 3.96. The third-order valence-electron chi connectivity index (χ3n) is 3.43. The van der Waals surface area contributed by atoms with Gasteiger partial charge in [0.05, 0.1) is 23.9 Å². The predicted molar refractivity (Wildman–Crippen MR) is 81.7 cm³/mol. The molecule has 1 unspecified atom stereocenters. The molecule has 1 aliphatic rings. The van der Waals surface area contributed by atoms with Crippen molar-refractivity contribution in [2.24, 2.45) is 5.92 Å². The monoisotopic (exact) mass is 310 g/mol. The number of ether oxygens (including phenoxy) is 2. The van der Waals surface area contributed by atoms with Crippen LogP contribution < -0.4 is 0 Å². The third-order valence-corrected chi connectivity index (χ3v) is 5.42. The molecule has 1 saturated heterocycles. The second kappa shape index (κ2) is 6.73. The lowest BCUT2D eigenvalue weighted by atomic mass is 10.1. The Morgan fingerprint density at radius 2 is 1.86 bits per heavy atom. The highest BCUT2D eigenvalue weighted by Crippen LogP contribution is 2.21. The molecule has 0 saturated carbocycles. The molecule has 21 heavy (non-hydrogen) atoms. The van der Waals surface area contributed by atoms with Gasteiger partial charge in [0.25, 0.3) is 0 Å². The first-order valence-corrected chi connectivity index (χ1v) is 8.80. The molecule has 4 nitrogen and oxygen atoms in total. The minimum absolute atomic E-state index is 0.0384. The molecule has 0 spiro atoms. The van der Waals surface area contributed by atoms with Crippen LogP contribution in [0.5, 0.6) is 0 Å². The van der Waals surface area contributed by atoms with Crippen molar-refractivity contribution >= 4 is 9.84 Å². The summed E-state index contributed by atoms with van der Waals surface area (Å²) in [7, 11) is -3.22. The first-order chi connectivity index (χ1) is 9.91. The molecule has 2 rings (SSSR count). The molecule has 116 valence electrons. The molecule has 5 heteroatoms. The summed E-state index contributed by atoms with van der Waals surface area (Å²) in [5, 5.41) is 0. The predicted octanol–water partition coefficient (Wildman–Crippen LogP) is 2.81. The van der Waals surface area contributed by atoms with E-state index in [1.165, 1.54) is 0 Å². The normalized spacial score (nSPS) is 19.9. The summed E-state index contributed by atoms with van der Waals surface area (Å²) < 4.78 is 35.4. The van der Waals surface area contributed by atoms with Crippen molar-refractivity contribution in [2.45, 2.75) is 31.0 Å². The van der Waals surface area contributed by atoms with Crippen LogP contribution in [0.15, 0.2) is 47.4 Å². The molecule has 1 aromatic carbocycles. The van der Waals surface area contributed by atoms with Gasteiger partial charge in [-0.1, -0.05) is 31.2 Å². The number of hydrogen-bond donors (Lipinski definition) is 0. The lowest BCUT2D eigenvalue weighted by Crippen LogP contribution is -2.22. The summed E-state index contributed by atoms with van der Waals surface area (Å²) in [6.45, 7) is 4.99. The Morgan fingerprint density at radius 1 is 1.24 bits per heavy atom. The zero-order valence-electron chi connectivity index (χ0n) is 12.5. The number of sulfone groups is 1. The van der Waals surface area contributed by atoms with Crippen LogP contribution in [-0.2, 0) is 19.3 Å². The van der Waals surface area contributed by atoms with Gasteiger partial charge in [0.2, 0.25) is 0 Å². The SMILES string of the molecule is CC(C/C=C/C1(C)OCCO1)CS(=O)(=O)c1ccccc1. The molecule has 0 bridgehead atoms. The standard InChI is InChI=1S/C16H22O4S/c1-14(7-6-10-16(2)19-11-12-20-16)13-21(17,18)15-8-4-3-5-9-15/h3-6,8-10,14H,7,11-13H2,1-2H3/b10-6+. The van der Waals surface area contributed by atoms with E-state index in [1.807, 2.05) is 32.1 Å². The molecular weight excluding hydrogens is 288 g/mol. The second-order valence-corrected chi connectivity index (χ2v) is 7.58. The van der Waals surface area contributed by atoms with E-state index in [1.54, 1.807) is 24.3 Å². The Balaban J connectivity index is 1.90. The van der Waals surface area contributed by atoms with Gasteiger partial charge in [0.1, 0.15) is 0 Å². The van der Waals surface area contributed by atoms with E-state index in [4.69, 9.17) is 9.47 Å². The van der Waals surface area contributed by atoms with Gasteiger partial charge in [-0.05, 0) is 37.5 Å². The van der Waals surface area contributed by atoms with Gasteiger partial charge < -0.3 is 9.47 Å². The van der Waals surface area contributed by atoms with Crippen LogP contribution in [0.3, 0.4) is 0 Å². The zero-order valence-corrected chi connectivity index (χ0v) is 13.3. The van der Waals surface area contributed by atoms with Gasteiger partial charge in [-0.3, -0.25) is 0 Å². The van der Waals surface area contributed by atoms with Gasteiger partial charge in [-0.15, -0.1) is 0 Å². The summed E-state index contributed by atoms with van der Waals surface area (Å²) in [6.07, 6.45) is 4.48. The molecule has 1 atom stereocenters. The van der Waals surface area contributed by atoms with Crippen molar-refractivity contribution in [1.29, 1.82) is 0 Å². The van der Waals surface area contributed by atoms with Crippen LogP contribution in [0, 0.1) is 5.92 Å². The molecule has 0 aliphatic carbocycles. The average Bonchev–Trinajstić information content (AvgIpc) is 2.86. The minimum Gasteiger partial charge on any atom is -0.344 e. The van der Waals surface area contributed by atoms with Gasteiger partial charge in [-0.25, -0.2) is 8.42 Å². The molecule has 0 radical (unpaired) electrons. The van der Waals surface area contributed by atoms with Crippen LogP contribution >= 0.6 is 0 Å². The highest BCUT2D eigenvalue weighted by Gasteiger charge is 2.27. The Hall–Kier alpha value is -1.17. The molecule has 1 aliphatic heterocycles. The molecule has 0 aromatic heterocycles. The highest BCUT2D eigenvalue weighted by molar-refractivity contribution is 7.91. The lowest BCUT2D eigenvalue weighted by Gasteiger charge is -2.17. The van der Waals surface area contributed by atoms with Crippen molar-refractivity contribution in [2.75, 3.05) is 19.0 Å². The summed E-state index contributed by atoms with van der Waals surface area (Å²) in [5.41, 5.74) is 0. The smallest absolute Gasteiger partial charge is 0.185 e. The third kappa shape index (κ3) is 4.66. The molecule has 1 heterocycles. The van der Waals surface area contributed by atoms with E-state index >= 15 is 0 Å². The Kier molecular flexibility index (Phi) is 5.19. The van der Waals surface area contributed by atoms with Gasteiger partial charge in [0.15, 0.2) is 15.6 Å². The van der Waals surface area contributed by atoms with E-state index in [-0.39, 0.29) is 11.7 Å². The largest absolute Gasteiger partial charge is 0.344 e. The van der Waals surface area contributed by atoms with Gasteiger partial charge in [0, 0.05) is 0 Å². The Labute approximate surface area is 126 Å². The van der Waals surface area contributed by atoms with Crippen LogP contribution in [0.25, 0.3) is 0 Å². The lowest BCUT2D eigenvalue weighted by molar-refractivity contribution is -0.0998. The number of allylic oxidation sites excluding steroid dienone is 1. The number of benzene rings is 1. The quantitative estimate of drug-likeness (QED) is 0.758. The van der Waals surface area contributed by atoms with Crippen LogP contribution in [0.2, 0.25) is 0 Å². The summed E-state index contributed by atoms with van der Waals surface area (Å²) in [5.74, 6) is -0.478. The van der Waals surface area contributed by atoms with Crippen LogP contribution in [0.1, 0.15) is 20.3 Å². The highest BCUT2D eigenvalue weighted by atomic mass is 32.2. The molecule has 1 fully saturated rings. The maximum atomic E-state index is 12.3. The van der Waals surface area contributed by atoms with E-state index in [0.717, 1.165) is 0 Å². The molecule has 1 aromatic rings.